The van der Waals surface area contributed by atoms with E-state index in [1.54, 1.807) is 12.1 Å². The largest absolute Gasteiger partial charge is 0.493 e. The molecule has 1 aliphatic carbocycles. The second kappa shape index (κ2) is 7.45. The molecule has 0 radical (unpaired) electrons. The average molecular weight is 467 g/mol. The summed E-state index contributed by atoms with van der Waals surface area (Å²) in [5.74, 6) is -0.919. The van der Waals surface area contributed by atoms with Gasteiger partial charge in [-0.05, 0) is 36.1 Å². The summed E-state index contributed by atoms with van der Waals surface area (Å²) in [6.45, 7) is 0.220. The molecule has 0 bridgehead atoms. The van der Waals surface area contributed by atoms with Crippen molar-refractivity contribution in [3.63, 3.8) is 0 Å². The van der Waals surface area contributed by atoms with Crippen LogP contribution in [0.4, 0.5) is 0 Å². The van der Waals surface area contributed by atoms with E-state index in [9.17, 15) is 22.8 Å². The summed E-state index contributed by atoms with van der Waals surface area (Å²) >= 11 is 0. The smallest absolute Gasteiger partial charge is 0.318 e. The van der Waals surface area contributed by atoms with Crippen LogP contribution in [0, 0.1) is 5.41 Å². The standard InChI is InChI=1S/C21H25NO9S/c1-28-15-9-12-6-8-22-18(24)17(31-32(4,26)27)20(19(25)30-3)11-13(23)5-7-21(20,22)14(12)10-16(15)29-2/h9-10,17H,5-8,11H2,1-4H3/t17-,20-,21+/m0/s1. The number of hydrogen-bond donors (Lipinski definition) is 0. The van der Waals surface area contributed by atoms with Crippen molar-refractivity contribution in [2.24, 2.45) is 5.41 Å². The molecule has 0 aromatic heterocycles. The molecule has 11 heteroatoms. The number of ketones is 1. The van der Waals surface area contributed by atoms with Crippen LogP contribution in [0.25, 0.3) is 0 Å². The van der Waals surface area contributed by atoms with Crippen LogP contribution >= 0.6 is 0 Å². The summed E-state index contributed by atoms with van der Waals surface area (Å²) in [6.07, 6.45) is -0.605. The number of benzene rings is 1. The van der Waals surface area contributed by atoms with Crippen molar-refractivity contribution in [2.75, 3.05) is 34.1 Å². The van der Waals surface area contributed by atoms with E-state index < -0.39 is 39.1 Å². The van der Waals surface area contributed by atoms with Gasteiger partial charge in [-0.25, -0.2) is 0 Å². The molecule has 10 nitrogen and oxygen atoms in total. The zero-order valence-corrected chi connectivity index (χ0v) is 19.1. The van der Waals surface area contributed by atoms with Crippen molar-refractivity contribution in [3.05, 3.63) is 23.3 Å². The van der Waals surface area contributed by atoms with Gasteiger partial charge in [-0.15, -0.1) is 0 Å². The molecule has 0 unspecified atom stereocenters. The minimum Gasteiger partial charge on any atom is -0.493 e. The summed E-state index contributed by atoms with van der Waals surface area (Å²) in [5.41, 5.74) is -1.78. The Kier molecular flexibility index (Phi) is 5.24. The highest BCUT2D eigenvalue weighted by atomic mass is 32.2. The topological polar surface area (TPSA) is 126 Å². The van der Waals surface area contributed by atoms with Crippen LogP contribution in [0.3, 0.4) is 0 Å². The predicted octanol–water partition coefficient (Wildman–Crippen LogP) is 0.555. The van der Waals surface area contributed by atoms with Crippen LogP contribution in [-0.2, 0) is 45.4 Å². The third-order valence-electron chi connectivity index (χ3n) is 6.86. The number of carbonyl (C=O) groups excluding carboxylic acids is 3. The lowest BCUT2D eigenvalue weighted by Crippen LogP contribution is -2.62. The van der Waals surface area contributed by atoms with Crippen LogP contribution < -0.4 is 9.47 Å². The first-order valence-corrected chi connectivity index (χ1v) is 11.9. The Morgan fingerprint density at radius 2 is 1.75 bits per heavy atom. The van der Waals surface area contributed by atoms with E-state index in [0.717, 1.165) is 18.9 Å². The van der Waals surface area contributed by atoms with E-state index in [4.69, 9.17) is 18.4 Å². The normalized spacial score (nSPS) is 29.1. The van der Waals surface area contributed by atoms with Gasteiger partial charge in [0.1, 0.15) is 11.2 Å². The van der Waals surface area contributed by atoms with Gasteiger partial charge in [0.25, 0.3) is 16.0 Å². The van der Waals surface area contributed by atoms with Gasteiger partial charge >= 0.3 is 5.97 Å². The van der Waals surface area contributed by atoms with Gasteiger partial charge in [0, 0.05) is 19.4 Å². The first kappa shape index (κ1) is 22.5. The molecule has 174 valence electrons. The monoisotopic (exact) mass is 467 g/mol. The number of Topliss-reactive ketones (excluding diaryl/α,β-unsaturated/α-hetero) is 1. The number of rotatable bonds is 5. The molecule has 32 heavy (non-hydrogen) atoms. The van der Waals surface area contributed by atoms with E-state index >= 15 is 0 Å². The zero-order valence-electron chi connectivity index (χ0n) is 18.3. The van der Waals surface area contributed by atoms with Crippen LogP contribution in [0.2, 0.25) is 0 Å². The summed E-state index contributed by atoms with van der Waals surface area (Å²) in [5, 5.41) is 0. The molecule has 3 aliphatic rings. The Morgan fingerprint density at radius 1 is 1.09 bits per heavy atom. The van der Waals surface area contributed by atoms with Gasteiger partial charge < -0.3 is 19.1 Å². The molecule has 1 amide bonds. The Morgan fingerprint density at radius 3 is 2.34 bits per heavy atom. The fourth-order valence-electron chi connectivity index (χ4n) is 5.71. The first-order valence-electron chi connectivity index (χ1n) is 10.1. The summed E-state index contributed by atoms with van der Waals surface area (Å²) < 4.78 is 45.4. The molecular weight excluding hydrogens is 442 g/mol. The van der Waals surface area contributed by atoms with Gasteiger partial charge in [-0.3, -0.25) is 18.6 Å². The van der Waals surface area contributed by atoms with E-state index in [1.807, 2.05) is 0 Å². The fraction of sp³-hybridized carbons (Fsp3) is 0.571. The Hall–Kier alpha value is -2.66. The van der Waals surface area contributed by atoms with Crippen LogP contribution in [0.15, 0.2) is 12.1 Å². The van der Waals surface area contributed by atoms with Crippen LogP contribution in [0.1, 0.15) is 30.4 Å². The highest BCUT2D eigenvalue weighted by Gasteiger charge is 2.77. The summed E-state index contributed by atoms with van der Waals surface area (Å²) in [7, 11) is -0.0282. The van der Waals surface area contributed by atoms with Crippen molar-refractivity contribution in [3.8, 4) is 11.5 Å². The Bertz CT molecular complexity index is 1110. The predicted molar refractivity (Wildman–Crippen MR) is 110 cm³/mol. The van der Waals surface area contributed by atoms with Crippen LogP contribution in [-0.4, -0.2) is 71.2 Å². The van der Waals surface area contributed by atoms with Crippen molar-refractivity contribution in [2.45, 2.75) is 37.3 Å². The molecule has 3 atom stereocenters. The molecule has 4 rings (SSSR count). The third-order valence-corrected chi connectivity index (χ3v) is 7.40. The van der Waals surface area contributed by atoms with Crippen molar-refractivity contribution < 1.29 is 41.2 Å². The number of hydrogen-bond acceptors (Lipinski definition) is 9. The van der Waals surface area contributed by atoms with E-state index in [-0.39, 0.29) is 31.6 Å². The second-order valence-corrected chi connectivity index (χ2v) is 9.92. The molecule has 0 N–H and O–H groups in total. The molecule has 2 fully saturated rings. The number of methoxy groups -OCH3 is 3. The lowest BCUT2D eigenvalue weighted by atomic mass is 9.56. The number of ether oxygens (including phenoxy) is 3. The average Bonchev–Trinajstić information content (AvgIpc) is 2.96. The quantitative estimate of drug-likeness (QED) is 0.451. The maximum Gasteiger partial charge on any atom is 0.318 e. The fourth-order valence-corrected chi connectivity index (χ4v) is 6.31. The van der Waals surface area contributed by atoms with Gasteiger partial charge in [0.05, 0.1) is 33.1 Å². The zero-order chi connectivity index (χ0) is 23.5. The minimum atomic E-state index is -4.15. The Labute approximate surface area is 185 Å². The van der Waals surface area contributed by atoms with E-state index in [0.29, 0.717) is 23.5 Å². The Balaban J connectivity index is 2.07. The number of carbonyl (C=O) groups is 3. The lowest BCUT2D eigenvalue weighted by Gasteiger charge is -2.53. The highest BCUT2D eigenvalue weighted by molar-refractivity contribution is 7.86. The van der Waals surface area contributed by atoms with Gasteiger partial charge in [-0.2, -0.15) is 8.42 Å². The van der Waals surface area contributed by atoms with Gasteiger partial charge in [-0.1, -0.05) is 0 Å². The molecular formula is C21H25NO9S. The number of amides is 1. The van der Waals surface area contributed by atoms with Crippen LogP contribution in [0.5, 0.6) is 11.5 Å². The van der Waals surface area contributed by atoms with Gasteiger partial charge in [0.15, 0.2) is 17.6 Å². The third kappa shape index (κ3) is 2.87. The summed E-state index contributed by atoms with van der Waals surface area (Å²) in [6, 6.07) is 3.48. The summed E-state index contributed by atoms with van der Waals surface area (Å²) in [4.78, 5) is 41.1. The number of esters is 1. The molecule has 1 aromatic carbocycles. The van der Waals surface area contributed by atoms with E-state index in [1.165, 1.54) is 19.1 Å². The highest BCUT2D eigenvalue weighted by Crippen LogP contribution is 2.63. The van der Waals surface area contributed by atoms with Crippen molar-refractivity contribution in [1.82, 2.24) is 4.90 Å². The molecule has 1 saturated carbocycles. The molecule has 1 aromatic rings. The maximum atomic E-state index is 13.6. The second-order valence-electron chi connectivity index (χ2n) is 8.32. The molecule has 2 heterocycles. The van der Waals surface area contributed by atoms with E-state index in [2.05, 4.69) is 0 Å². The SMILES string of the molecule is COC(=O)[C@@]12CC(=O)CC[C@@]13c1cc(OC)c(OC)cc1CCN3C(=O)[C@@H]2OS(C)(=O)=O. The minimum absolute atomic E-state index is 0.113. The number of fused-ring (bicyclic) bond motifs is 1. The van der Waals surface area contributed by atoms with Crippen molar-refractivity contribution >= 4 is 27.8 Å². The first-order chi connectivity index (χ1) is 15.1. The van der Waals surface area contributed by atoms with Crippen molar-refractivity contribution in [1.29, 1.82) is 0 Å². The van der Waals surface area contributed by atoms with Gasteiger partial charge in [0.2, 0.25) is 0 Å². The lowest BCUT2D eigenvalue weighted by molar-refractivity contribution is -0.173. The molecule has 1 spiro atoms. The number of nitrogens with zero attached hydrogens (tertiary/aromatic N) is 1. The maximum absolute atomic E-state index is 13.6. The molecule has 1 saturated heterocycles. The molecule has 2 aliphatic heterocycles.